The topological polar surface area (TPSA) is 65.1 Å². The first-order chi connectivity index (χ1) is 10.1. The largest absolute Gasteiger partial charge is 0.488 e. The second kappa shape index (κ2) is 5.79. The molecule has 3 rings (SSSR count). The van der Waals surface area contributed by atoms with Crippen LogP contribution in [0.4, 0.5) is 0 Å². The van der Waals surface area contributed by atoms with Gasteiger partial charge in [-0.1, -0.05) is 18.2 Å². The monoisotopic (exact) mass is 350 g/mol. The number of nitrogens with two attached hydrogens (primary N) is 1. The van der Waals surface area contributed by atoms with Crippen molar-refractivity contribution >= 4 is 15.9 Å². The third-order valence-corrected chi connectivity index (χ3v) is 5.04. The van der Waals surface area contributed by atoms with Crippen LogP contribution in [-0.4, -0.2) is 21.9 Å². The third kappa shape index (κ3) is 2.71. The highest BCUT2D eigenvalue weighted by atomic mass is 79.9. The summed E-state index contributed by atoms with van der Waals surface area (Å²) in [5, 5.41) is 4.42. The Labute approximate surface area is 132 Å². The summed E-state index contributed by atoms with van der Waals surface area (Å²) >= 11 is 3.60. The van der Waals surface area contributed by atoms with Crippen molar-refractivity contribution in [3.63, 3.8) is 0 Å². The molecule has 5 nitrogen and oxygen atoms in total. The van der Waals surface area contributed by atoms with Gasteiger partial charge in [0.25, 0.3) is 0 Å². The van der Waals surface area contributed by atoms with E-state index >= 15 is 0 Å². The van der Waals surface area contributed by atoms with Gasteiger partial charge in [-0.05, 0) is 34.5 Å². The molecule has 3 N–H and O–H groups in total. The molecule has 2 heterocycles. The van der Waals surface area contributed by atoms with Crippen LogP contribution in [0.25, 0.3) is 0 Å². The molecule has 2 atom stereocenters. The molecule has 0 bridgehead atoms. The number of ether oxygens (including phenoxy) is 1. The van der Waals surface area contributed by atoms with E-state index in [-0.39, 0.29) is 12.1 Å². The van der Waals surface area contributed by atoms with Gasteiger partial charge in [-0.2, -0.15) is 5.10 Å². The Kier molecular flexibility index (Phi) is 4.01. The summed E-state index contributed by atoms with van der Waals surface area (Å²) in [7, 11) is 1.95. The molecule has 112 valence electrons. The highest BCUT2D eigenvalue weighted by Gasteiger charge is 2.31. The van der Waals surface area contributed by atoms with Crippen molar-refractivity contribution < 1.29 is 4.74 Å². The summed E-state index contributed by atoms with van der Waals surface area (Å²) in [5.74, 6) is 6.73. The fraction of sp³-hybridized carbons (Fsp3) is 0.400. The van der Waals surface area contributed by atoms with Gasteiger partial charge in [-0.25, -0.2) is 0 Å². The Morgan fingerprint density at radius 2 is 2.29 bits per heavy atom. The summed E-state index contributed by atoms with van der Waals surface area (Å²) in [6.07, 6.45) is 1.67. The summed E-state index contributed by atoms with van der Waals surface area (Å²) in [5.41, 5.74) is 6.25. The van der Waals surface area contributed by atoms with Crippen LogP contribution in [0.1, 0.15) is 17.0 Å². The lowest BCUT2D eigenvalue weighted by Gasteiger charge is -2.22. The van der Waals surface area contributed by atoms with Crippen LogP contribution >= 0.6 is 15.9 Å². The molecule has 6 heteroatoms. The van der Waals surface area contributed by atoms with Gasteiger partial charge < -0.3 is 4.74 Å². The summed E-state index contributed by atoms with van der Waals surface area (Å²) in [6, 6.07) is 8.17. The first-order valence-corrected chi connectivity index (χ1v) is 7.78. The predicted molar refractivity (Wildman–Crippen MR) is 85.0 cm³/mol. The van der Waals surface area contributed by atoms with E-state index in [0.717, 1.165) is 34.5 Å². The molecule has 1 aliphatic heterocycles. The molecule has 1 aromatic carbocycles. The van der Waals surface area contributed by atoms with Crippen molar-refractivity contribution in [2.24, 2.45) is 12.9 Å². The van der Waals surface area contributed by atoms with Crippen molar-refractivity contribution in [3.8, 4) is 5.75 Å². The molecule has 0 amide bonds. The average molecular weight is 351 g/mol. The van der Waals surface area contributed by atoms with Gasteiger partial charge in [0, 0.05) is 19.9 Å². The number of aromatic nitrogens is 2. The number of aryl methyl sites for hydroxylation is 2. The molecule has 0 saturated heterocycles. The third-order valence-electron chi connectivity index (χ3n) is 4.01. The standard InChI is InChI=1S/C15H19BrN4O/c1-9-15(16)12(20(2)19-9)8-11(18-17)14-7-10-5-3-4-6-13(10)21-14/h3-6,11,14,18H,7-8,17H2,1-2H3. The van der Waals surface area contributed by atoms with Gasteiger partial charge >= 0.3 is 0 Å². The maximum atomic E-state index is 6.03. The van der Waals surface area contributed by atoms with Crippen LogP contribution in [-0.2, 0) is 19.9 Å². The fourth-order valence-corrected chi connectivity index (χ4v) is 3.34. The Bertz CT molecular complexity index is 630. The van der Waals surface area contributed by atoms with E-state index in [2.05, 4.69) is 32.5 Å². The lowest BCUT2D eigenvalue weighted by molar-refractivity contribution is 0.176. The lowest BCUT2D eigenvalue weighted by atomic mass is 10.0. The van der Waals surface area contributed by atoms with E-state index in [1.54, 1.807) is 0 Å². The summed E-state index contributed by atoms with van der Waals surface area (Å²) < 4.78 is 8.97. The van der Waals surface area contributed by atoms with Gasteiger partial charge in [-0.15, -0.1) is 0 Å². The minimum Gasteiger partial charge on any atom is -0.488 e. The second-order valence-corrected chi connectivity index (χ2v) is 6.21. The first kappa shape index (κ1) is 14.6. The normalized spacial score (nSPS) is 18.4. The minimum absolute atomic E-state index is 0.0310. The van der Waals surface area contributed by atoms with Crippen molar-refractivity contribution in [1.29, 1.82) is 0 Å². The highest BCUT2D eigenvalue weighted by Crippen LogP contribution is 2.31. The van der Waals surface area contributed by atoms with Crippen molar-refractivity contribution in [3.05, 3.63) is 45.7 Å². The number of hydrogen-bond acceptors (Lipinski definition) is 4. The molecule has 21 heavy (non-hydrogen) atoms. The maximum Gasteiger partial charge on any atom is 0.123 e. The molecule has 1 aromatic heterocycles. The molecule has 1 aliphatic rings. The molecule has 2 aromatic rings. The number of fused-ring (bicyclic) bond motifs is 1. The number of benzene rings is 1. The zero-order chi connectivity index (χ0) is 15.0. The smallest absolute Gasteiger partial charge is 0.123 e. The maximum absolute atomic E-state index is 6.03. The molecule has 0 radical (unpaired) electrons. The summed E-state index contributed by atoms with van der Waals surface area (Å²) in [4.78, 5) is 0. The van der Waals surface area contributed by atoms with Crippen molar-refractivity contribution in [2.45, 2.75) is 31.9 Å². The van der Waals surface area contributed by atoms with Gasteiger partial charge in [-0.3, -0.25) is 16.0 Å². The Hall–Kier alpha value is -1.37. The number of nitrogens with one attached hydrogen (secondary N) is 1. The van der Waals surface area contributed by atoms with Gasteiger partial charge in [0.05, 0.1) is 21.9 Å². The van der Waals surface area contributed by atoms with E-state index in [1.807, 2.05) is 36.9 Å². The summed E-state index contributed by atoms with van der Waals surface area (Å²) in [6.45, 7) is 1.99. The Morgan fingerprint density at radius 1 is 1.52 bits per heavy atom. The fourth-order valence-electron chi connectivity index (χ4n) is 2.84. The molecular weight excluding hydrogens is 332 g/mol. The zero-order valence-electron chi connectivity index (χ0n) is 12.1. The first-order valence-electron chi connectivity index (χ1n) is 6.98. The van der Waals surface area contributed by atoms with Gasteiger partial charge in [0.2, 0.25) is 0 Å². The van der Waals surface area contributed by atoms with Crippen molar-refractivity contribution in [2.75, 3.05) is 0 Å². The van der Waals surface area contributed by atoms with Crippen LogP contribution in [0.5, 0.6) is 5.75 Å². The van der Waals surface area contributed by atoms with Gasteiger partial charge in [0.1, 0.15) is 11.9 Å². The van der Waals surface area contributed by atoms with E-state index in [9.17, 15) is 0 Å². The van der Waals surface area contributed by atoms with Crippen LogP contribution in [0.15, 0.2) is 28.7 Å². The van der Waals surface area contributed by atoms with Crippen LogP contribution in [0, 0.1) is 6.92 Å². The molecule has 2 unspecified atom stereocenters. The second-order valence-electron chi connectivity index (χ2n) is 5.42. The minimum atomic E-state index is 0.0310. The van der Waals surface area contributed by atoms with Crippen LogP contribution in [0.3, 0.4) is 0 Å². The van der Waals surface area contributed by atoms with Crippen LogP contribution < -0.4 is 16.0 Å². The SMILES string of the molecule is Cc1nn(C)c(CC(NN)C2Cc3ccccc3O2)c1Br. The highest BCUT2D eigenvalue weighted by molar-refractivity contribution is 9.10. The number of para-hydroxylation sites is 1. The molecule has 0 aliphatic carbocycles. The van der Waals surface area contributed by atoms with Gasteiger partial charge in [0.15, 0.2) is 0 Å². The van der Waals surface area contributed by atoms with E-state index in [4.69, 9.17) is 10.6 Å². The molecule has 0 fully saturated rings. The number of hydrogen-bond donors (Lipinski definition) is 2. The average Bonchev–Trinajstić information content (AvgIpc) is 3.00. The van der Waals surface area contributed by atoms with Crippen LogP contribution in [0.2, 0.25) is 0 Å². The number of nitrogens with zero attached hydrogens (tertiary/aromatic N) is 2. The molecule has 0 spiro atoms. The van der Waals surface area contributed by atoms with E-state index in [0.29, 0.717) is 0 Å². The number of halogens is 1. The molecule has 0 saturated carbocycles. The lowest BCUT2D eigenvalue weighted by Crippen LogP contribution is -2.47. The van der Waals surface area contributed by atoms with Crippen molar-refractivity contribution in [1.82, 2.24) is 15.2 Å². The predicted octanol–water partition coefficient (Wildman–Crippen LogP) is 1.87. The quantitative estimate of drug-likeness (QED) is 0.652. The van der Waals surface area contributed by atoms with E-state index in [1.165, 1.54) is 5.56 Å². The number of rotatable bonds is 4. The van der Waals surface area contributed by atoms with E-state index < -0.39 is 0 Å². The zero-order valence-corrected chi connectivity index (χ0v) is 13.7. The Balaban J connectivity index is 1.78. The number of hydrazine groups is 1. The molecular formula is C15H19BrN4O. The Morgan fingerprint density at radius 3 is 2.90 bits per heavy atom.